The third-order valence-electron chi connectivity index (χ3n) is 5.91. The molecule has 0 radical (unpaired) electrons. The Bertz CT molecular complexity index is 1250. The molecule has 8 nitrogen and oxygen atoms in total. The molecule has 0 N–H and O–H groups in total. The van der Waals surface area contributed by atoms with Crippen LogP contribution >= 0.6 is 0 Å². The molecule has 0 aliphatic carbocycles. The molecular weight excluding hydrogens is 448 g/mol. The van der Waals surface area contributed by atoms with Crippen molar-refractivity contribution in [2.45, 2.75) is 26.8 Å². The Kier molecular flexibility index (Phi) is 7.19. The number of carbonyl (C=O) groups is 3. The number of furan rings is 1. The molecule has 0 atom stereocenters. The number of amides is 2. The minimum absolute atomic E-state index is 0.107. The van der Waals surface area contributed by atoms with E-state index in [1.807, 2.05) is 31.2 Å². The first-order chi connectivity index (χ1) is 16.9. The molecule has 0 saturated carbocycles. The number of anilines is 1. The maximum atomic E-state index is 12.8. The van der Waals surface area contributed by atoms with E-state index in [9.17, 15) is 14.4 Å². The smallest absolute Gasteiger partial charge is 0.289 e. The van der Waals surface area contributed by atoms with Gasteiger partial charge >= 0.3 is 0 Å². The van der Waals surface area contributed by atoms with E-state index in [4.69, 9.17) is 13.9 Å². The van der Waals surface area contributed by atoms with Crippen LogP contribution in [0.15, 0.2) is 59.0 Å². The van der Waals surface area contributed by atoms with E-state index in [1.54, 1.807) is 37.4 Å². The molecule has 0 unspecified atom stereocenters. The van der Waals surface area contributed by atoms with Gasteiger partial charge in [-0.25, -0.2) is 0 Å². The van der Waals surface area contributed by atoms with Crippen molar-refractivity contribution in [2.75, 3.05) is 31.7 Å². The zero-order valence-electron chi connectivity index (χ0n) is 20.1. The van der Waals surface area contributed by atoms with Crippen molar-refractivity contribution in [1.82, 2.24) is 4.90 Å². The van der Waals surface area contributed by atoms with Crippen molar-refractivity contribution in [3.8, 4) is 11.5 Å². The lowest BCUT2D eigenvalue weighted by atomic mass is 10.1. The summed E-state index contributed by atoms with van der Waals surface area (Å²) in [5, 5.41) is 0. The number of ketones is 1. The van der Waals surface area contributed by atoms with E-state index in [0.717, 1.165) is 12.0 Å². The standard InChI is InChI=1S/C27H28N2O6/c1-4-18-7-6-8-20(13-18)33-16-23(30)19-9-11-24-22(14-19)29(26(31)17-34-24)15-21-10-12-25(35-21)27(32)28(3)5-2/h6-14H,4-5,15-17H2,1-3H3. The van der Waals surface area contributed by atoms with Crippen LogP contribution in [0.3, 0.4) is 0 Å². The Hall–Kier alpha value is -4.07. The van der Waals surface area contributed by atoms with Crippen molar-refractivity contribution in [3.05, 3.63) is 77.2 Å². The molecule has 4 rings (SSSR count). The third kappa shape index (κ3) is 5.37. The minimum Gasteiger partial charge on any atom is -0.485 e. The highest BCUT2D eigenvalue weighted by Gasteiger charge is 2.28. The summed E-state index contributed by atoms with van der Waals surface area (Å²) in [6.07, 6.45) is 0.875. The first-order valence-corrected chi connectivity index (χ1v) is 11.6. The molecule has 2 heterocycles. The summed E-state index contributed by atoms with van der Waals surface area (Å²) in [5.41, 5.74) is 1.99. The summed E-state index contributed by atoms with van der Waals surface area (Å²) in [5.74, 6) is 1.06. The molecule has 3 aromatic rings. The van der Waals surface area contributed by atoms with Crippen LogP contribution in [-0.4, -0.2) is 49.3 Å². The van der Waals surface area contributed by atoms with Gasteiger partial charge in [-0.3, -0.25) is 19.3 Å². The van der Waals surface area contributed by atoms with Crippen molar-refractivity contribution in [2.24, 2.45) is 0 Å². The number of aryl methyl sites for hydroxylation is 1. The summed E-state index contributed by atoms with van der Waals surface area (Å²) in [6, 6.07) is 15.9. The van der Waals surface area contributed by atoms with Crippen LogP contribution < -0.4 is 14.4 Å². The van der Waals surface area contributed by atoms with Gasteiger partial charge in [0.05, 0.1) is 12.2 Å². The van der Waals surface area contributed by atoms with Gasteiger partial charge in [-0.05, 0) is 61.4 Å². The highest BCUT2D eigenvalue weighted by Crippen LogP contribution is 2.34. The third-order valence-corrected chi connectivity index (χ3v) is 5.91. The number of ether oxygens (including phenoxy) is 2. The summed E-state index contributed by atoms with van der Waals surface area (Å²) < 4.78 is 17.0. The second kappa shape index (κ2) is 10.5. The Morgan fingerprint density at radius 3 is 2.69 bits per heavy atom. The van der Waals surface area contributed by atoms with E-state index in [1.165, 1.54) is 9.80 Å². The van der Waals surface area contributed by atoms with Crippen LogP contribution in [0.25, 0.3) is 0 Å². The predicted octanol–water partition coefficient (Wildman–Crippen LogP) is 4.12. The predicted molar refractivity (Wildman–Crippen MR) is 130 cm³/mol. The molecule has 2 aromatic carbocycles. The molecule has 182 valence electrons. The molecule has 0 bridgehead atoms. The molecule has 0 spiro atoms. The van der Waals surface area contributed by atoms with E-state index >= 15 is 0 Å². The van der Waals surface area contributed by atoms with Gasteiger partial charge in [0, 0.05) is 19.2 Å². The Balaban J connectivity index is 1.51. The molecule has 0 saturated heterocycles. The Morgan fingerprint density at radius 2 is 1.91 bits per heavy atom. The number of fused-ring (bicyclic) bond motifs is 1. The lowest BCUT2D eigenvalue weighted by molar-refractivity contribution is -0.121. The topological polar surface area (TPSA) is 89.3 Å². The second-order valence-electron chi connectivity index (χ2n) is 8.25. The molecule has 1 aliphatic rings. The molecule has 0 fully saturated rings. The molecule has 2 amide bonds. The van der Waals surface area contributed by atoms with Crippen LogP contribution in [0.2, 0.25) is 0 Å². The van der Waals surface area contributed by atoms with Gasteiger partial charge < -0.3 is 18.8 Å². The highest BCUT2D eigenvalue weighted by molar-refractivity contribution is 6.02. The van der Waals surface area contributed by atoms with Gasteiger partial charge in [0.25, 0.3) is 11.8 Å². The molecule has 35 heavy (non-hydrogen) atoms. The monoisotopic (exact) mass is 476 g/mol. The van der Waals surface area contributed by atoms with E-state index < -0.39 is 0 Å². The minimum atomic E-state index is -0.273. The number of hydrogen-bond donors (Lipinski definition) is 0. The van der Waals surface area contributed by atoms with Gasteiger partial charge in [-0.15, -0.1) is 0 Å². The number of carbonyl (C=O) groups excluding carboxylic acids is 3. The second-order valence-corrected chi connectivity index (χ2v) is 8.25. The first kappa shape index (κ1) is 24.1. The number of benzene rings is 2. The summed E-state index contributed by atoms with van der Waals surface area (Å²) in [6.45, 7) is 4.33. The number of Topliss-reactive ketones (excluding diaryl/α,β-unsaturated/α-hetero) is 1. The van der Waals surface area contributed by atoms with Gasteiger partial charge in [0.15, 0.2) is 24.8 Å². The molecule has 8 heteroatoms. The largest absolute Gasteiger partial charge is 0.485 e. The SMILES string of the molecule is CCc1cccc(OCC(=O)c2ccc3c(c2)N(Cc2ccc(C(=O)N(C)CC)o2)C(=O)CO3)c1. The van der Waals surface area contributed by atoms with E-state index in [2.05, 4.69) is 6.92 Å². The van der Waals surface area contributed by atoms with E-state index in [-0.39, 0.29) is 43.1 Å². The Morgan fingerprint density at radius 1 is 1.09 bits per heavy atom. The molecule has 1 aromatic heterocycles. The van der Waals surface area contributed by atoms with Crippen LogP contribution in [-0.2, 0) is 17.8 Å². The normalized spacial score (nSPS) is 12.7. The summed E-state index contributed by atoms with van der Waals surface area (Å²) in [4.78, 5) is 40.9. The van der Waals surface area contributed by atoms with Crippen molar-refractivity contribution >= 4 is 23.3 Å². The fraction of sp³-hybridized carbons (Fsp3) is 0.296. The van der Waals surface area contributed by atoms with Gasteiger partial charge in [0.2, 0.25) is 0 Å². The van der Waals surface area contributed by atoms with Crippen molar-refractivity contribution < 1.29 is 28.3 Å². The Labute approximate surface area is 204 Å². The first-order valence-electron chi connectivity index (χ1n) is 11.6. The van der Waals surface area contributed by atoms with Crippen molar-refractivity contribution in [1.29, 1.82) is 0 Å². The molecular formula is C27H28N2O6. The van der Waals surface area contributed by atoms with Crippen LogP contribution in [0.5, 0.6) is 11.5 Å². The average Bonchev–Trinajstić information content (AvgIpc) is 3.36. The number of rotatable bonds is 9. The van der Waals surface area contributed by atoms with E-state index in [0.29, 0.717) is 35.1 Å². The summed E-state index contributed by atoms with van der Waals surface area (Å²) >= 11 is 0. The molecule has 1 aliphatic heterocycles. The van der Waals surface area contributed by atoms with Crippen LogP contribution in [0.1, 0.15) is 46.1 Å². The van der Waals surface area contributed by atoms with Gasteiger partial charge in [-0.1, -0.05) is 19.1 Å². The number of nitrogens with zero attached hydrogens (tertiary/aromatic N) is 2. The van der Waals surface area contributed by atoms with Gasteiger partial charge in [0.1, 0.15) is 17.3 Å². The van der Waals surface area contributed by atoms with Crippen LogP contribution in [0, 0.1) is 0 Å². The fourth-order valence-electron chi connectivity index (χ4n) is 3.70. The van der Waals surface area contributed by atoms with Gasteiger partial charge in [-0.2, -0.15) is 0 Å². The quantitative estimate of drug-likeness (QED) is 0.432. The van der Waals surface area contributed by atoms with Crippen molar-refractivity contribution in [3.63, 3.8) is 0 Å². The zero-order chi connectivity index (χ0) is 24.9. The lowest BCUT2D eigenvalue weighted by Gasteiger charge is -2.29. The average molecular weight is 477 g/mol. The lowest BCUT2D eigenvalue weighted by Crippen LogP contribution is -2.38. The number of hydrogen-bond acceptors (Lipinski definition) is 6. The summed E-state index contributed by atoms with van der Waals surface area (Å²) in [7, 11) is 1.69. The zero-order valence-corrected chi connectivity index (χ0v) is 20.1. The maximum Gasteiger partial charge on any atom is 0.289 e. The highest BCUT2D eigenvalue weighted by atomic mass is 16.5. The van der Waals surface area contributed by atoms with Crippen LogP contribution in [0.4, 0.5) is 5.69 Å². The maximum absolute atomic E-state index is 12.8. The fourth-order valence-corrected chi connectivity index (χ4v) is 3.70.